The molecule has 0 bridgehead atoms. The summed E-state index contributed by atoms with van der Waals surface area (Å²) in [4.78, 5) is 21.2. The Kier molecular flexibility index (Phi) is 4.08. The monoisotopic (exact) mass is 351 g/mol. The van der Waals surface area contributed by atoms with Crippen molar-refractivity contribution in [3.63, 3.8) is 0 Å². The number of carboxylic acids is 1. The molecule has 0 saturated heterocycles. The zero-order valence-electron chi connectivity index (χ0n) is 14.8. The molecule has 1 atom stereocenters. The van der Waals surface area contributed by atoms with Crippen LogP contribution in [-0.2, 0) is 24.3 Å². The van der Waals surface area contributed by atoms with Gasteiger partial charge in [0.1, 0.15) is 6.04 Å². The van der Waals surface area contributed by atoms with Crippen molar-refractivity contribution in [1.82, 2.24) is 24.6 Å². The molecule has 7 nitrogen and oxygen atoms in total. The third-order valence-corrected chi connectivity index (χ3v) is 4.99. The minimum atomic E-state index is -0.816. The number of fused-ring (bicyclic) bond motifs is 1. The minimum absolute atomic E-state index is 0.413. The number of nitrogens with zero attached hydrogens (tertiary/aromatic N) is 4. The van der Waals surface area contributed by atoms with Crippen LogP contribution in [0.25, 0.3) is 5.69 Å². The van der Waals surface area contributed by atoms with E-state index in [0.717, 1.165) is 33.8 Å². The van der Waals surface area contributed by atoms with Crippen molar-refractivity contribution in [3.05, 3.63) is 65.0 Å². The number of aryl methyl sites for hydroxylation is 2. The van der Waals surface area contributed by atoms with E-state index in [4.69, 9.17) is 0 Å². The average molecular weight is 351 g/mol. The highest BCUT2D eigenvalue weighted by atomic mass is 16.4. The number of rotatable bonds is 4. The third-order valence-electron chi connectivity index (χ3n) is 4.99. The molecule has 3 aromatic rings. The first-order valence-corrected chi connectivity index (χ1v) is 8.61. The summed E-state index contributed by atoms with van der Waals surface area (Å²) >= 11 is 0. The maximum Gasteiger partial charge on any atom is 0.321 e. The van der Waals surface area contributed by atoms with Crippen LogP contribution in [0.2, 0.25) is 0 Å². The molecule has 0 spiro atoms. The predicted molar refractivity (Wildman–Crippen MR) is 96.0 cm³/mol. The third kappa shape index (κ3) is 2.90. The van der Waals surface area contributed by atoms with Crippen LogP contribution in [0.1, 0.15) is 28.1 Å². The molecule has 0 unspecified atom stereocenters. The van der Waals surface area contributed by atoms with Gasteiger partial charge in [-0.2, -0.15) is 5.10 Å². The van der Waals surface area contributed by atoms with Gasteiger partial charge in [0.25, 0.3) is 0 Å². The van der Waals surface area contributed by atoms with Gasteiger partial charge in [0.15, 0.2) is 0 Å². The quantitative estimate of drug-likeness (QED) is 0.753. The largest absolute Gasteiger partial charge is 0.480 e. The second-order valence-corrected chi connectivity index (χ2v) is 6.82. The van der Waals surface area contributed by atoms with E-state index in [0.29, 0.717) is 19.5 Å². The second-order valence-electron chi connectivity index (χ2n) is 6.82. The van der Waals surface area contributed by atoms with Crippen LogP contribution in [0, 0.1) is 13.8 Å². The van der Waals surface area contributed by atoms with Crippen LogP contribution in [0.3, 0.4) is 0 Å². The lowest BCUT2D eigenvalue weighted by molar-refractivity contribution is -0.144. The number of carboxylic acid groups (broad SMARTS) is 1. The molecule has 2 N–H and O–H groups in total. The summed E-state index contributed by atoms with van der Waals surface area (Å²) in [6.07, 6.45) is 5.71. The summed E-state index contributed by atoms with van der Waals surface area (Å²) in [7, 11) is 0. The van der Waals surface area contributed by atoms with Gasteiger partial charge in [0.05, 0.1) is 23.4 Å². The van der Waals surface area contributed by atoms with E-state index in [1.807, 2.05) is 21.8 Å². The van der Waals surface area contributed by atoms with Gasteiger partial charge < -0.3 is 10.1 Å². The lowest BCUT2D eigenvalue weighted by Gasteiger charge is -2.33. The zero-order chi connectivity index (χ0) is 18.3. The van der Waals surface area contributed by atoms with Crippen LogP contribution in [0.15, 0.2) is 36.9 Å². The van der Waals surface area contributed by atoms with Gasteiger partial charge in [-0.15, -0.1) is 0 Å². The average Bonchev–Trinajstić information content (AvgIpc) is 3.27. The molecule has 0 amide bonds. The number of aromatic nitrogens is 4. The standard InChI is InChI=1S/C19H21N5O2/c1-12-6-13(2)14(17(7-12)24-5-3-4-22-24)9-23-10-16-15(20-11-21-16)8-18(23)19(25)26/h3-7,11,18H,8-10H2,1-2H3,(H,20,21)(H,25,26)/t18-/m1/s1. The number of hydrogen-bond donors (Lipinski definition) is 2. The molecule has 26 heavy (non-hydrogen) atoms. The molecule has 1 aliphatic rings. The van der Waals surface area contributed by atoms with Gasteiger partial charge in [-0.1, -0.05) is 6.07 Å². The normalized spacial score (nSPS) is 17.2. The van der Waals surface area contributed by atoms with E-state index in [9.17, 15) is 9.90 Å². The number of aromatic amines is 1. The van der Waals surface area contributed by atoms with Crippen molar-refractivity contribution >= 4 is 5.97 Å². The highest BCUT2D eigenvalue weighted by Crippen LogP contribution is 2.27. The summed E-state index contributed by atoms with van der Waals surface area (Å²) in [6, 6.07) is 5.52. The van der Waals surface area contributed by atoms with Crippen LogP contribution in [0.5, 0.6) is 0 Å². The molecule has 0 saturated carbocycles. The molecule has 0 fully saturated rings. The molecule has 1 aliphatic heterocycles. The van der Waals surface area contributed by atoms with Crippen molar-refractivity contribution in [1.29, 1.82) is 0 Å². The summed E-state index contributed by atoms with van der Waals surface area (Å²) in [5.74, 6) is -0.816. The topological polar surface area (TPSA) is 87.0 Å². The zero-order valence-corrected chi connectivity index (χ0v) is 14.8. The van der Waals surface area contributed by atoms with Crippen LogP contribution < -0.4 is 0 Å². The number of benzene rings is 1. The number of aliphatic carboxylic acids is 1. The van der Waals surface area contributed by atoms with Crippen LogP contribution in [0.4, 0.5) is 0 Å². The Hall–Kier alpha value is -2.93. The minimum Gasteiger partial charge on any atom is -0.480 e. The SMILES string of the molecule is Cc1cc(C)c(CN2Cc3[nH]cnc3C[C@@H]2C(=O)O)c(-n2cccn2)c1. The molecule has 134 valence electrons. The van der Waals surface area contributed by atoms with Gasteiger partial charge in [-0.3, -0.25) is 9.69 Å². The van der Waals surface area contributed by atoms with E-state index < -0.39 is 12.0 Å². The van der Waals surface area contributed by atoms with E-state index in [1.54, 1.807) is 12.5 Å². The smallest absolute Gasteiger partial charge is 0.321 e. The molecule has 2 aromatic heterocycles. The lowest BCUT2D eigenvalue weighted by Crippen LogP contribution is -2.45. The molecule has 3 heterocycles. The first-order chi connectivity index (χ1) is 12.5. The van der Waals surface area contributed by atoms with Crippen molar-refractivity contribution in [3.8, 4) is 5.69 Å². The lowest BCUT2D eigenvalue weighted by atomic mass is 9.98. The summed E-state index contributed by atoms with van der Waals surface area (Å²) < 4.78 is 1.84. The maximum absolute atomic E-state index is 11.8. The maximum atomic E-state index is 11.8. The van der Waals surface area contributed by atoms with Crippen LogP contribution >= 0.6 is 0 Å². The second kappa shape index (κ2) is 6.42. The molecular weight excluding hydrogens is 330 g/mol. The molecule has 0 aliphatic carbocycles. The fourth-order valence-electron chi connectivity index (χ4n) is 3.70. The highest BCUT2D eigenvalue weighted by Gasteiger charge is 2.33. The fraction of sp³-hybridized carbons (Fsp3) is 0.316. The Bertz CT molecular complexity index is 945. The first-order valence-electron chi connectivity index (χ1n) is 8.61. The molecule has 1 aromatic carbocycles. The van der Waals surface area contributed by atoms with Crippen molar-refractivity contribution in [2.45, 2.75) is 39.4 Å². The first kappa shape index (κ1) is 16.5. The van der Waals surface area contributed by atoms with Gasteiger partial charge in [0.2, 0.25) is 0 Å². The summed E-state index contributed by atoms with van der Waals surface area (Å²) in [5, 5.41) is 14.1. The summed E-state index contributed by atoms with van der Waals surface area (Å²) in [6.45, 7) is 5.20. The Morgan fingerprint density at radius 2 is 2.23 bits per heavy atom. The molecular formula is C19H21N5O2. The molecule has 7 heteroatoms. The Morgan fingerprint density at radius 1 is 1.38 bits per heavy atom. The highest BCUT2D eigenvalue weighted by molar-refractivity contribution is 5.74. The van der Waals surface area contributed by atoms with E-state index >= 15 is 0 Å². The molecule has 4 rings (SSSR count). The number of imidazole rings is 1. The Balaban J connectivity index is 1.73. The Labute approximate surface area is 151 Å². The van der Waals surface area contributed by atoms with Crippen LogP contribution in [-0.4, -0.2) is 41.8 Å². The molecule has 0 radical (unpaired) electrons. The van der Waals surface area contributed by atoms with Crippen molar-refractivity contribution in [2.24, 2.45) is 0 Å². The number of carbonyl (C=O) groups is 1. The van der Waals surface area contributed by atoms with Gasteiger partial charge >= 0.3 is 5.97 Å². The number of H-pyrrole nitrogens is 1. The Morgan fingerprint density at radius 3 is 2.96 bits per heavy atom. The fourth-order valence-corrected chi connectivity index (χ4v) is 3.70. The van der Waals surface area contributed by atoms with Crippen molar-refractivity contribution < 1.29 is 9.90 Å². The van der Waals surface area contributed by atoms with E-state index in [-0.39, 0.29) is 0 Å². The van der Waals surface area contributed by atoms with Gasteiger partial charge in [-0.25, -0.2) is 9.67 Å². The predicted octanol–water partition coefficient (Wildman–Crippen LogP) is 2.22. The van der Waals surface area contributed by atoms with E-state index in [2.05, 4.69) is 41.0 Å². The van der Waals surface area contributed by atoms with Crippen molar-refractivity contribution in [2.75, 3.05) is 0 Å². The van der Waals surface area contributed by atoms with Gasteiger partial charge in [-0.05, 0) is 42.7 Å². The summed E-state index contributed by atoms with van der Waals surface area (Å²) in [5.41, 5.74) is 6.21. The number of nitrogens with one attached hydrogen (secondary N) is 1. The number of hydrogen-bond acceptors (Lipinski definition) is 4. The van der Waals surface area contributed by atoms with Gasteiger partial charge in [0, 0.05) is 31.9 Å². The van der Waals surface area contributed by atoms with E-state index in [1.165, 1.54) is 0 Å².